The maximum atomic E-state index is 9.55. The van der Waals surface area contributed by atoms with Crippen molar-refractivity contribution in [2.24, 2.45) is 5.73 Å². The fraction of sp³-hybridized carbons (Fsp3) is 0.158. The van der Waals surface area contributed by atoms with Crippen LogP contribution in [0, 0.1) is 0 Å². The summed E-state index contributed by atoms with van der Waals surface area (Å²) in [5.41, 5.74) is 8.35. The molecule has 5 nitrogen and oxygen atoms in total. The first-order valence-electron chi connectivity index (χ1n) is 7.43. The molecule has 0 fully saturated rings. The van der Waals surface area contributed by atoms with Crippen molar-refractivity contribution in [1.82, 2.24) is 0 Å². The zero-order valence-corrected chi connectivity index (χ0v) is 14.5. The van der Waals surface area contributed by atoms with Crippen molar-refractivity contribution in [1.29, 1.82) is 0 Å². The Bertz CT molecular complexity index is 709. The van der Waals surface area contributed by atoms with E-state index in [1.54, 1.807) is 0 Å². The number of nitrogens with two attached hydrogens (primary N) is 1. The van der Waals surface area contributed by atoms with Crippen molar-refractivity contribution in [2.75, 3.05) is 0 Å². The summed E-state index contributed by atoms with van der Waals surface area (Å²) in [6.45, 7) is 2.04. The largest absolute Gasteiger partial charge is 0.478 e. The molecule has 0 amide bonds. The smallest absolute Gasteiger partial charge is 0.328 e. The van der Waals surface area contributed by atoms with Crippen LogP contribution in [0.15, 0.2) is 66.7 Å². The maximum absolute atomic E-state index is 9.55. The predicted molar refractivity (Wildman–Crippen MR) is 97.5 cm³/mol. The van der Waals surface area contributed by atoms with Gasteiger partial charge in [-0.2, -0.15) is 0 Å². The first-order valence-corrected chi connectivity index (χ1v) is 7.81. The molecular formula is C19H20ClNO4. The van der Waals surface area contributed by atoms with Crippen molar-refractivity contribution >= 4 is 23.5 Å². The van der Waals surface area contributed by atoms with Crippen LogP contribution in [0.1, 0.15) is 18.1 Å². The lowest BCUT2D eigenvalue weighted by Gasteiger charge is -2.25. The Balaban J connectivity index is 0.000000333. The molecule has 0 bridgehead atoms. The van der Waals surface area contributed by atoms with Gasteiger partial charge in [-0.3, -0.25) is 0 Å². The van der Waals surface area contributed by atoms with E-state index in [-0.39, 0.29) is 5.54 Å². The summed E-state index contributed by atoms with van der Waals surface area (Å²) >= 11 is 5.88. The molecule has 1 unspecified atom stereocenters. The Morgan fingerprint density at radius 1 is 1.00 bits per heavy atom. The normalized spacial score (nSPS) is 12.8. The van der Waals surface area contributed by atoms with Crippen LogP contribution in [0.3, 0.4) is 0 Å². The Labute approximate surface area is 151 Å². The van der Waals surface area contributed by atoms with Crippen LogP contribution < -0.4 is 5.73 Å². The molecule has 132 valence electrons. The van der Waals surface area contributed by atoms with E-state index in [9.17, 15) is 9.59 Å². The van der Waals surface area contributed by atoms with Gasteiger partial charge in [-0.05, 0) is 36.6 Å². The number of rotatable bonds is 5. The molecule has 2 rings (SSSR count). The molecule has 2 aromatic rings. The summed E-state index contributed by atoms with van der Waals surface area (Å²) in [5.74, 6) is -2.51. The number of carboxylic acid groups (broad SMARTS) is 2. The van der Waals surface area contributed by atoms with Gasteiger partial charge in [0, 0.05) is 22.7 Å². The first kappa shape index (κ1) is 20.4. The third kappa shape index (κ3) is 8.15. The molecule has 2 aromatic carbocycles. The third-order valence-corrected chi connectivity index (χ3v) is 3.54. The maximum Gasteiger partial charge on any atom is 0.328 e. The molecule has 0 heterocycles. The second-order valence-electron chi connectivity index (χ2n) is 5.60. The molecular weight excluding hydrogens is 342 g/mol. The van der Waals surface area contributed by atoms with E-state index in [0.717, 1.165) is 17.0 Å². The zero-order valence-electron chi connectivity index (χ0n) is 13.7. The van der Waals surface area contributed by atoms with Gasteiger partial charge in [0.25, 0.3) is 0 Å². The summed E-state index contributed by atoms with van der Waals surface area (Å²) < 4.78 is 0. The predicted octanol–water partition coefficient (Wildman–Crippen LogP) is 3.47. The Morgan fingerprint density at radius 2 is 1.48 bits per heavy atom. The average molecular weight is 362 g/mol. The highest BCUT2D eigenvalue weighted by Crippen LogP contribution is 2.24. The second-order valence-corrected chi connectivity index (χ2v) is 6.03. The highest BCUT2D eigenvalue weighted by Gasteiger charge is 2.21. The lowest BCUT2D eigenvalue weighted by molar-refractivity contribution is -0.134. The molecule has 4 N–H and O–H groups in total. The van der Waals surface area contributed by atoms with Crippen LogP contribution in [-0.4, -0.2) is 22.2 Å². The van der Waals surface area contributed by atoms with Gasteiger partial charge >= 0.3 is 11.9 Å². The average Bonchev–Trinajstić information content (AvgIpc) is 2.54. The molecule has 0 saturated heterocycles. The standard InChI is InChI=1S/C15H16ClN.C4H4O4/c1-15(17,11-12-5-3-2-4-6-12)13-7-9-14(16)10-8-13;5-3(6)1-2-4(7)8/h2-10H,11,17H2,1H3;1-2H,(H,5,6)(H,7,8). The number of carbonyl (C=O) groups is 2. The fourth-order valence-corrected chi connectivity index (χ4v) is 2.22. The molecule has 0 aliphatic carbocycles. The number of hydrogen-bond donors (Lipinski definition) is 3. The van der Waals surface area contributed by atoms with Gasteiger partial charge < -0.3 is 15.9 Å². The number of halogens is 1. The van der Waals surface area contributed by atoms with Gasteiger partial charge in [0.1, 0.15) is 0 Å². The Hall–Kier alpha value is -2.63. The van der Waals surface area contributed by atoms with Crippen LogP contribution in [-0.2, 0) is 21.5 Å². The topological polar surface area (TPSA) is 101 Å². The molecule has 0 aliphatic heterocycles. The summed E-state index contributed by atoms with van der Waals surface area (Å²) in [7, 11) is 0. The van der Waals surface area contributed by atoms with Crippen LogP contribution in [0.4, 0.5) is 0 Å². The van der Waals surface area contributed by atoms with Gasteiger partial charge in [0.2, 0.25) is 0 Å². The van der Waals surface area contributed by atoms with Gasteiger partial charge in [-0.15, -0.1) is 0 Å². The summed E-state index contributed by atoms with van der Waals surface area (Å²) in [5, 5.41) is 16.4. The summed E-state index contributed by atoms with van der Waals surface area (Å²) in [6.07, 6.45) is 1.93. The lowest BCUT2D eigenvalue weighted by atomic mass is 9.87. The summed E-state index contributed by atoms with van der Waals surface area (Å²) in [4.78, 5) is 19.1. The molecule has 0 saturated carbocycles. The minimum Gasteiger partial charge on any atom is -0.478 e. The monoisotopic (exact) mass is 361 g/mol. The molecule has 6 heteroatoms. The Morgan fingerprint density at radius 3 is 1.92 bits per heavy atom. The second kappa shape index (κ2) is 9.61. The van der Waals surface area contributed by atoms with Crippen molar-refractivity contribution in [3.63, 3.8) is 0 Å². The molecule has 1 atom stereocenters. The van der Waals surface area contributed by atoms with Crippen molar-refractivity contribution in [2.45, 2.75) is 18.9 Å². The fourth-order valence-electron chi connectivity index (χ4n) is 2.10. The SMILES string of the molecule is CC(N)(Cc1ccccc1)c1ccc(Cl)cc1.O=C(O)C=CC(=O)O. The van der Waals surface area contributed by atoms with Gasteiger partial charge in [0.15, 0.2) is 0 Å². The third-order valence-electron chi connectivity index (χ3n) is 3.29. The minimum absolute atomic E-state index is 0.369. The number of aliphatic carboxylic acids is 2. The highest BCUT2D eigenvalue weighted by atomic mass is 35.5. The zero-order chi connectivity index (χ0) is 18.9. The van der Waals surface area contributed by atoms with Crippen molar-refractivity contribution in [3.8, 4) is 0 Å². The minimum atomic E-state index is -1.26. The number of hydrogen-bond acceptors (Lipinski definition) is 3. The highest BCUT2D eigenvalue weighted by molar-refractivity contribution is 6.30. The van der Waals surface area contributed by atoms with E-state index in [2.05, 4.69) is 12.1 Å². The van der Waals surface area contributed by atoms with E-state index in [1.807, 2.05) is 49.4 Å². The van der Waals surface area contributed by atoms with Crippen molar-refractivity contribution < 1.29 is 19.8 Å². The lowest BCUT2D eigenvalue weighted by Crippen LogP contribution is -2.35. The molecule has 0 radical (unpaired) electrons. The van der Waals surface area contributed by atoms with E-state index in [0.29, 0.717) is 12.2 Å². The van der Waals surface area contributed by atoms with Crippen LogP contribution in [0.5, 0.6) is 0 Å². The van der Waals surface area contributed by atoms with E-state index < -0.39 is 11.9 Å². The van der Waals surface area contributed by atoms with E-state index in [1.165, 1.54) is 5.56 Å². The van der Waals surface area contributed by atoms with Crippen LogP contribution >= 0.6 is 11.6 Å². The summed E-state index contributed by atoms with van der Waals surface area (Å²) in [6, 6.07) is 18.0. The van der Waals surface area contributed by atoms with Gasteiger partial charge in [0.05, 0.1) is 0 Å². The quantitative estimate of drug-likeness (QED) is 0.708. The van der Waals surface area contributed by atoms with Crippen molar-refractivity contribution in [3.05, 3.63) is 82.9 Å². The first-order chi connectivity index (χ1) is 11.7. The van der Waals surface area contributed by atoms with Gasteiger partial charge in [-0.1, -0.05) is 54.1 Å². The van der Waals surface area contributed by atoms with E-state index in [4.69, 9.17) is 27.5 Å². The van der Waals surface area contributed by atoms with E-state index >= 15 is 0 Å². The molecule has 0 aromatic heterocycles. The molecule has 0 spiro atoms. The van der Waals surface area contributed by atoms with Crippen LogP contribution in [0.2, 0.25) is 5.02 Å². The van der Waals surface area contributed by atoms with Gasteiger partial charge in [-0.25, -0.2) is 9.59 Å². The number of carboxylic acids is 2. The van der Waals surface area contributed by atoms with Crippen LogP contribution in [0.25, 0.3) is 0 Å². The number of benzene rings is 2. The molecule has 0 aliphatic rings. The molecule has 25 heavy (non-hydrogen) atoms. The Kier molecular flexibility index (Phi) is 7.85.